The number of rotatable bonds is 1. The lowest BCUT2D eigenvalue weighted by atomic mass is 9.83. The zero-order valence-electron chi connectivity index (χ0n) is 9.26. The first kappa shape index (κ1) is 10.4. The van der Waals surface area contributed by atoms with Gasteiger partial charge in [-0.25, -0.2) is 0 Å². The van der Waals surface area contributed by atoms with Gasteiger partial charge in [0.1, 0.15) is 11.9 Å². The maximum absolute atomic E-state index is 10.8. The van der Waals surface area contributed by atoms with Gasteiger partial charge < -0.3 is 9.84 Å². The van der Waals surface area contributed by atoms with Crippen molar-refractivity contribution in [2.45, 2.75) is 37.7 Å². The highest BCUT2D eigenvalue weighted by Crippen LogP contribution is 2.51. The van der Waals surface area contributed by atoms with Crippen molar-refractivity contribution in [2.75, 3.05) is 0 Å². The molecule has 0 bridgehead atoms. The van der Waals surface area contributed by atoms with Crippen LogP contribution in [-0.2, 0) is 0 Å². The van der Waals surface area contributed by atoms with Crippen LogP contribution < -0.4 is 4.74 Å². The molecule has 0 saturated heterocycles. The molecule has 1 aromatic carbocycles. The molecule has 5 heteroatoms. The summed E-state index contributed by atoms with van der Waals surface area (Å²) in [5.41, 5.74) is 0.419. The minimum absolute atomic E-state index is 0.0895. The highest BCUT2D eigenvalue weighted by molar-refractivity contribution is 5.60. The SMILES string of the molecule is O=[N+]([O-])c1ccc2c(c1O)C1CCCCC1O2. The van der Waals surface area contributed by atoms with Gasteiger partial charge in [-0.1, -0.05) is 6.42 Å². The number of nitro groups is 1. The van der Waals surface area contributed by atoms with E-state index in [1.807, 2.05) is 0 Å². The fourth-order valence-corrected chi connectivity index (χ4v) is 2.92. The third kappa shape index (κ3) is 1.45. The average molecular weight is 235 g/mol. The first-order chi connectivity index (χ1) is 8.18. The number of ether oxygens (including phenoxy) is 1. The third-order valence-electron chi connectivity index (χ3n) is 3.70. The van der Waals surface area contributed by atoms with E-state index in [-0.39, 0.29) is 23.5 Å². The van der Waals surface area contributed by atoms with Crippen molar-refractivity contribution >= 4 is 5.69 Å². The van der Waals surface area contributed by atoms with Gasteiger partial charge in [-0.15, -0.1) is 0 Å². The predicted octanol–water partition coefficient (Wildman–Crippen LogP) is 2.72. The largest absolute Gasteiger partial charge is 0.502 e. The van der Waals surface area contributed by atoms with E-state index in [2.05, 4.69) is 0 Å². The fraction of sp³-hybridized carbons (Fsp3) is 0.500. The van der Waals surface area contributed by atoms with Gasteiger partial charge in [-0.3, -0.25) is 10.1 Å². The van der Waals surface area contributed by atoms with Crippen molar-refractivity contribution in [1.82, 2.24) is 0 Å². The molecule has 2 unspecified atom stereocenters. The van der Waals surface area contributed by atoms with Crippen molar-refractivity contribution < 1.29 is 14.8 Å². The molecule has 0 spiro atoms. The molecule has 0 radical (unpaired) electrons. The number of benzene rings is 1. The number of fused-ring (bicyclic) bond motifs is 3. The van der Waals surface area contributed by atoms with Crippen LogP contribution in [0.2, 0.25) is 0 Å². The van der Waals surface area contributed by atoms with E-state index in [0.29, 0.717) is 11.3 Å². The van der Waals surface area contributed by atoms with Gasteiger partial charge in [-0.05, 0) is 25.3 Å². The molecule has 1 aromatic rings. The molecule has 1 N–H and O–H groups in total. The summed E-state index contributed by atoms with van der Waals surface area (Å²) < 4.78 is 5.74. The highest BCUT2D eigenvalue weighted by Gasteiger charge is 2.40. The van der Waals surface area contributed by atoms with E-state index in [1.54, 1.807) is 6.07 Å². The Morgan fingerprint density at radius 2 is 2.12 bits per heavy atom. The second kappa shape index (κ2) is 3.61. The standard InChI is InChI=1S/C12H13NO4/c14-12-8(13(15)16)5-6-10-11(12)7-3-1-2-4-9(7)17-10/h5-7,9,14H,1-4H2. The number of hydrogen-bond acceptors (Lipinski definition) is 4. The monoisotopic (exact) mass is 235 g/mol. The second-order valence-corrected chi connectivity index (χ2v) is 4.65. The summed E-state index contributed by atoms with van der Waals surface area (Å²) in [7, 11) is 0. The van der Waals surface area contributed by atoms with Crippen LogP contribution in [0.25, 0.3) is 0 Å². The van der Waals surface area contributed by atoms with Gasteiger partial charge in [0, 0.05) is 17.5 Å². The number of aromatic hydroxyl groups is 1. The smallest absolute Gasteiger partial charge is 0.311 e. The lowest BCUT2D eigenvalue weighted by molar-refractivity contribution is -0.385. The third-order valence-corrected chi connectivity index (χ3v) is 3.70. The molecule has 90 valence electrons. The van der Waals surface area contributed by atoms with Crippen LogP contribution in [0.1, 0.15) is 37.2 Å². The van der Waals surface area contributed by atoms with Crippen molar-refractivity contribution in [1.29, 1.82) is 0 Å². The molecule has 17 heavy (non-hydrogen) atoms. The summed E-state index contributed by atoms with van der Waals surface area (Å²) in [6.45, 7) is 0. The van der Waals surface area contributed by atoms with Crippen molar-refractivity contribution in [3.8, 4) is 11.5 Å². The minimum atomic E-state index is -0.550. The maximum Gasteiger partial charge on any atom is 0.311 e. The summed E-state index contributed by atoms with van der Waals surface area (Å²) in [6.07, 6.45) is 4.20. The molecule has 1 fully saturated rings. The van der Waals surface area contributed by atoms with Crippen LogP contribution in [0, 0.1) is 10.1 Å². The molecule has 2 aliphatic rings. The molecule has 0 aromatic heterocycles. The van der Waals surface area contributed by atoms with Crippen molar-refractivity contribution in [2.24, 2.45) is 0 Å². The number of phenols is 1. The van der Waals surface area contributed by atoms with Crippen LogP contribution in [-0.4, -0.2) is 16.1 Å². The molecule has 1 saturated carbocycles. The summed E-state index contributed by atoms with van der Waals surface area (Å²) in [4.78, 5) is 10.2. The van der Waals surface area contributed by atoms with Crippen LogP contribution in [0.4, 0.5) is 5.69 Å². The topological polar surface area (TPSA) is 72.6 Å². The van der Waals surface area contributed by atoms with Crippen LogP contribution in [0.15, 0.2) is 12.1 Å². The van der Waals surface area contributed by atoms with Gasteiger partial charge in [-0.2, -0.15) is 0 Å². The van der Waals surface area contributed by atoms with Gasteiger partial charge in [0.05, 0.1) is 4.92 Å². The van der Waals surface area contributed by atoms with E-state index in [9.17, 15) is 15.2 Å². The molecule has 0 amide bonds. The quantitative estimate of drug-likeness (QED) is 0.600. The Labute approximate surface area is 98.2 Å². The Morgan fingerprint density at radius 3 is 2.88 bits per heavy atom. The Morgan fingerprint density at radius 1 is 1.35 bits per heavy atom. The normalized spacial score (nSPS) is 25.9. The Kier molecular flexibility index (Phi) is 2.21. The van der Waals surface area contributed by atoms with E-state index >= 15 is 0 Å². The summed E-state index contributed by atoms with van der Waals surface area (Å²) in [5, 5.41) is 20.8. The molecule has 2 atom stereocenters. The molecule has 5 nitrogen and oxygen atoms in total. The fourth-order valence-electron chi connectivity index (χ4n) is 2.92. The van der Waals surface area contributed by atoms with Gasteiger partial charge >= 0.3 is 5.69 Å². The first-order valence-electron chi connectivity index (χ1n) is 5.85. The molecule has 1 heterocycles. The number of nitro benzene ring substituents is 1. The summed E-state index contributed by atoms with van der Waals surface area (Å²) >= 11 is 0. The lowest BCUT2D eigenvalue weighted by Gasteiger charge is -2.23. The summed E-state index contributed by atoms with van der Waals surface area (Å²) in [5.74, 6) is 0.533. The van der Waals surface area contributed by atoms with Gasteiger partial charge in [0.15, 0.2) is 0 Å². The van der Waals surface area contributed by atoms with E-state index in [1.165, 1.54) is 6.07 Å². The van der Waals surface area contributed by atoms with Gasteiger partial charge in [0.25, 0.3) is 0 Å². The number of phenolic OH excluding ortho intramolecular Hbond substituents is 1. The Bertz CT molecular complexity index is 486. The van der Waals surface area contributed by atoms with Crippen molar-refractivity contribution in [3.63, 3.8) is 0 Å². The van der Waals surface area contributed by atoms with Gasteiger partial charge in [0.2, 0.25) is 5.75 Å². The van der Waals surface area contributed by atoms with Crippen LogP contribution in [0.3, 0.4) is 0 Å². The maximum atomic E-state index is 10.8. The highest BCUT2D eigenvalue weighted by atomic mass is 16.6. The zero-order chi connectivity index (χ0) is 12.0. The van der Waals surface area contributed by atoms with E-state index < -0.39 is 4.92 Å². The van der Waals surface area contributed by atoms with E-state index in [4.69, 9.17) is 4.74 Å². The summed E-state index contributed by atoms with van der Waals surface area (Å²) in [6, 6.07) is 2.91. The Hall–Kier alpha value is -1.78. The lowest BCUT2D eigenvalue weighted by Crippen LogP contribution is -2.22. The molecular weight excluding hydrogens is 222 g/mol. The number of nitrogens with zero attached hydrogens (tertiary/aromatic N) is 1. The number of hydrogen-bond donors (Lipinski definition) is 1. The minimum Gasteiger partial charge on any atom is -0.502 e. The Balaban J connectivity index is 2.09. The molecule has 3 rings (SSSR count). The van der Waals surface area contributed by atoms with Crippen molar-refractivity contribution in [3.05, 3.63) is 27.8 Å². The average Bonchev–Trinajstić information content (AvgIpc) is 2.67. The first-order valence-corrected chi connectivity index (χ1v) is 5.85. The van der Waals surface area contributed by atoms with Crippen LogP contribution >= 0.6 is 0 Å². The molecule has 1 aliphatic heterocycles. The van der Waals surface area contributed by atoms with E-state index in [0.717, 1.165) is 25.7 Å². The molecular formula is C12H13NO4. The van der Waals surface area contributed by atoms with Crippen LogP contribution in [0.5, 0.6) is 11.5 Å². The molecule has 1 aliphatic carbocycles. The predicted molar refractivity (Wildman–Crippen MR) is 60.4 cm³/mol. The zero-order valence-corrected chi connectivity index (χ0v) is 9.26. The second-order valence-electron chi connectivity index (χ2n) is 4.65.